The first-order valence-corrected chi connectivity index (χ1v) is 8.66. The minimum Gasteiger partial charge on any atom is -0.463 e. The van der Waals surface area contributed by atoms with Crippen LogP contribution in [-0.4, -0.2) is 12.6 Å². The number of esters is 1. The molecule has 3 rings (SSSR count). The van der Waals surface area contributed by atoms with E-state index in [1.54, 1.807) is 6.08 Å². The van der Waals surface area contributed by atoms with Crippen LogP contribution in [0.1, 0.15) is 30.9 Å². The van der Waals surface area contributed by atoms with Gasteiger partial charge in [-0.25, -0.2) is 4.79 Å². The number of ether oxygens (including phenoxy) is 1. The van der Waals surface area contributed by atoms with Crippen LogP contribution in [-0.2, 0) is 9.53 Å². The molecule has 25 heavy (non-hydrogen) atoms. The summed E-state index contributed by atoms with van der Waals surface area (Å²) in [6, 6.07) is 20.7. The molecule has 2 nitrogen and oxygen atoms in total. The summed E-state index contributed by atoms with van der Waals surface area (Å²) >= 11 is 0. The van der Waals surface area contributed by atoms with Gasteiger partial charge in [0.2, 0.25) is 0 Å². The number of rotatable bonds is 4. The standard InChI is InChI=1S/C23H22O2/c1-2-25-23(24)16-18-13-14-21(19-9-5-3-6-10-19)17-22(15-18)20-11-7-4-8-12-20/h3-12,15-17H,2,13-14H2,1H3/b18-16-. The van der Waals surface area contributed by atoms with Gasteiger partial charge in [-0.2, -0.15) is 0 Å². The molecule has 0 aliphatic heterocycles. The van der Waals surface area contributed by atoms with Gasteiger partial charge in [-0.05, 0) is 47.6 Å². The van der Waals surface area contributed by atoms with Gasteiger partial charge in [0.1, 0.15) is 0 Å². The fourth-order valence-corrected chi connectivity index (χ4v) is 2.98. The molecule has 1 aliphatic rings. The van der Waals surface area contributed by atoms with Crippen molar-refractivity contribution in [1.82, 2.24) is 0 Å². The number of hydrogen-bond acceptors (Lipinski definition) is 2. The van der Waals surface area contributed by atoms with Gasteiger partial charge in [0.25, 0.3) is 0 Å². The molecular formula is C23H22O2. The maximum atomic E-state index is 11.9. The Morgan fingerprint density at radius 1 is 0.920 bits per heavy atom. The van der Waals surface area contributed by atoms with Crippen LogP contribution in [0.4, 0.5) is 0 Å². The molecule has 2 heteroatoms. The molecular weight excluding hydrogens is 308 g/mol. The highest BCUT2D eigenvalue weighted by atomic mass is 16.5. The van der Waals surface area contributed by atoms with Gasteiger partial charge >= 0.3 is 5.97 Å². The summed E-state index contributed by atoms with van der Waals surface area (Å²) < 4.78 is 5.08. The van der Waals surface area contributed by atoms with Crippen LogP contribution in [0.5, 0.6) is 0 Å². The maximum Gasteiger partial charge on any atom is 0.331 e. The third kappa shape index (κ3) is 4.57. The van der Waals surface area contributed by atoms with Gasteiger partial charge in [0.15, 0.2) is 0 Å². The Morgan fingerprint density at radius 2 is 1.56 bits per heavy atom. The van der Waals surface area contributed by atoms with Crippen molar-refractivity contribution in [2.24, 2.45) is 0 Å². The molecule has 0 spiro atoms. The van der Waals surface area contributed by atoms with Crippen LogP contribution >= 0.6 is 0 Å². The number of benzene rings is 2. The molecule has 2 aromatic carbocycles. The zero-order chi connectivity index (χ0) is 17.5. The summed E-state index contributed by atoms with van der Waals surface area (Å²) in [5.74, 6) is -0.274. The quantitative estimate of drug-likeness (QED) is 0.551. The van der Waals surface area contributed by atoms with Gasteiger partial charge in [-0.15, -0.1) is 0 Å². The molecule has 0 unspecified atom stereocenters. The number of carbonyl (C=O) groups excluding carboxylic acids is 1. The Labute approximate surface area is 149 Å². The fraction of sp³-hybridized carbons (Fsp3) is 0.174. The SMILES string of the molecule is CCOC(=O)/C=C1\C=C(c2ccccc2)C=C(c2ccccc2)CC1. The van der Waals surface area contributed by atoms with Crippen molar-refractivity contribution in [3.8, 4) is 0 Å². The molecule has 1 aliphatic carbocycles. The van der Waals surface area contributed by atoms with Gasteiger partial charge < -0.3 is 4.74 Å². The maximum absolute atomic E-state index is 11.9. The highest BCUT2D eigenvalue weighted by molar-refractivity contribution is 5.89. The molecule has 0 amide bonds. The fourth-order valence-electron chi connectivity index (χ4n) is 2.98. The summed E-state index contributed by atoms with van der Waals surface area (Å²) in [5.41, 5.74) is 5.77. The van der Waals surface area contributed by atoms with Crippen molar-refractivity contribution < 1.29 is 9.53 Å². The predicted molar refractivity (Wildman–Crippen MR) is 103 cm³/mol. The monoisotopic (exact) mass is 330 g/mol. The highest BCUT2D eigenvalue weighted by Crippen LogP contribution is 2.32. The predicted octanol–water partition coefficient (Wildman–Crippen LogP) is 5.44. The van der Waals surface area contributed by atoms with Crippen LogP contribution in [0.3, 0.4) is 0 Å². The first-order chi connectivity index (χ1) is 12.3. The summed E-state index contributed by atoms with van der Waals surface area (Å²) in [5, 5.41) is 0. The Hall–Kier alpha value is -2.87. The molecule has 0 N–H and O–H groups in total. The molecule has 0 bridgehead atoms. The summed E-state index contributed by atoms with van der Waals surface area (Å²) in [6.45, 7) is 2.22. The van der Waals surface area contributed by atoms with E-state index < -0.39 is 0 Å². The van der Waals surface area contributed by atoms with Gasteiger partial charge in [0.05, 0.1) is 6.61 Å². The molecule has 0 fully saturated rings. The van der Waals surface area contributed by atoms with Crippen LogP contribution in [0.25, 0.3) is 11.1 Å². The first kappa shape index (κ1) is 17.0. The molecule has 0 saturated carbocycles. The minimum absolute atomic E-state index is 0.274. The number of carbonyl (C=O) groups is 1. The van der Waals surface area contributed by atoms with Crippen molar-refractivity contribution in [2.45, 2.75) is 19.8 Å². The van der Waals surface area contributed by atoms with Crippen molar-refractivity contribution in [1.29, 1.82) is 0 Å². The minimum atomic E-state index is -0.274. The smallest absolute Gasteiger partial charge is 0.331 e. The lowest BCUT2D eigenvalue weighted by atomic mass is 9.98. The second-order valence-electron chi connectivity index (χ2n) is 5.97. The van der Waals surface area contributed by atoms with Crippen molar-refractivity contribution in [3.63, 3.8) is 0 Å². The topological polar surface area (TPSA) is 26.3 Å². The van der Waals surface area contributed by atoms with E-state index in [9.17, 15) is 4.79 Å². The summed E-state index contributed by atoms with van der Waals surface area (Å²) in [6.07, 6.45) is 7.66. The Balaban J connectivity index is 2.00. The van der Waals surface area contributed by atoms with Gasteiger partial charge in [-0.3, -0.25) is 0 Å². The lowest BCUT2D eigenvalue weighted by Crippen LogP contribution is -2.00. The highest BCUT2D eigenvalue weighted by Gasteiger charge is 2.12. The van der Waals surface area contributed by atoms with E-state index in [1.807, 2.05) is 31.2 Å². The Kier molecular flexibility index (Phi) is 5.63. The van der Waals surface area contributed by atoms with Crippen molar-refractivity contribution >= 4 is 17.1 Å². The molecule has 0 atom stereocenters. The largest absolute Gasteiger partial charge is 0.463 e. The van der Waals surface area contributed by atoms with E-state index in [0.29, 0.717) is 6.61 Å². The van der Waals surface area contributed by atoms with E-state index in [1.165, 1.54) is 11.1 Å². The van der Waals surface area contributed by atoms with Gasteiger partial charge in [0, 0.05) is 6.08 Å². The zero-order valence-electron chi connectivity index (χ0n) is 14.4. The second-order valence-corrected chi connectivity index (χ2v) is 5.97. The van der Waals surface area contributed by atoms with Crippen molar-refractivity contribution in [2.75, 3.05) is 6.61 Å². The molecule has 0 aromatic heterocycles. The van der Waals surface area contributed by atoms with Crippen LogP contribution in [0.15, 0.2) is 84.5 Å². The Bertz CT molecular complexity index is 812. The summed E-state index contributed by atoms with van der Waals surface area (Å²) in [7, 11) is 0. The number of hydrogen-bond donors (Lipinski definition) is 0. The summed E-state index contributed by atoms with van der Waals surface area (Å²) in [4.78, 5) is 11.9. The zero-order valence-corrected chi connectivity index (χ0v) is 14.4. The van der Waals surface area contributed by atoms with E-state index >= 15 is 0 Å². The first-order valence-electron chi connectivity index (χ1n) is 8.66. The number of allylic oxidation sites excluding steroid dienone is 5. The average Bonchev–Trinajstić information content (AvgIpc) is 2.86. The Morgan fingerprint density at radius 3 is 2.20 bits per heavy atom. The third-order valence-electron chi connectivity index (χ3n) is 4.20. The third-order valence-corrected chi connectivity index (χ3v) is 4.20. The second kappa shape index (κ2) is 8.29. The molecule has 0 saturated heterocycles. The molecule has 0 heterocycles. The lowest BCUT2D eigenvalue weighted by molar-refractivity contribution is -0.137. The van der Waals surface area contributed by atoms with Crippen LogP contribution in [0, 0.1) is 0 Å². The molecule has 0 radical (unpaired) electrons. The van der Waals surface area contributed by atoms with Crippen LogP contribution < -0.4 is 0 Å². The van der Waals surface area contributed by atoms with Crippen LogP contribution in [0.2, 0.25) is 0 Å². The van der Waals surface area contributed by atoms with E-state index in [0.717, 1.165) is 29.6 Å². The van der Waals surface area contributed by atoms with E-state index in [2.05, 4.69) is 48.6 Å². The van der Waals surface area contributed by atoms with Crippen molar-refractivity contribution in [3.05, 3.63) is 95.6 Å². The normalized spacial score (nSPS) is 16.0. The van der Waals surface area contributed by atoms with E-state index in [-0.39, 0.29) is 5.97 Å². The lowest BCUT2D eigenvalue weighted by Gasteiger charge is -2.07. The van der Waals surface area contributed by atoms with Gasteiger partial charge in [-0.1, -0.05) is 72.8 Å². The van der Waals surface area contributed by atoms with E-state index in [4.69, 9.17) is 4.74 Å². The molecule has 126 valence electrons. The average molecular weight is 330 g/mol. The molecule has 2 aromatic rings.